The van der Waals surface area contributed by atoms with Crippen LogP contribution < -0.4 is 14.8 Å². The average Bonchev–Trinajstić information content (AvgIpc) is 3.33. The molecule has 0 spiro atoms. The van der Waals surface area contributed by atoms with Crippen LogP contribution in [0.4, 0.5) is 5.69 Å². The third kappa shape index (κ3) is 3.77. The van der Waals surface area contributed by atoms with Crippen LogP contribution in [0.25, 0.3) is 0 Å². The lowest BCUT2D eigenvalue weighted by atomic mass is 9.95. The molecule has 2 aliphatic carbocycles. The molecule has 27 heavy (non-hydrogen) atoms. The summed E-state index contributed by atoms with van der Waals surface area (Å²) in [5.74, 6) is 1.40. The second kappa shape index (κ2) is 7.43. The van der Waals surface area contributed by atoms with Crippen LogP contribution in [0.2, 0.25) is 5.02 Å². The lowest BCUT2D eigenvalue weighted by molar-refractivity contribution is -0.118. The van der Waals surface area contributed by atoms with Gasteiger partial charge in [-0.25, -0.2) is 0 Å². The van der Waals surface area contributed by atoms with Crippen LogP contribution in [0, 0.1) is 0 Å². The van der Waals surface area contributed by atoms with E-state index in [2.05, 4.69) is 5.32 Å². The number of rotatable bonds is 6. The summed E-state index contributed by atoms with van der Waals surface area (Å²) >= 11 is 5.98. The first kappa shape index (κ1) is 18.2. The molecule has 2 fully saturated rings. The summed E-state index contributed by atoms with van der Waals surface area (Å²) in [4.78, 5) is 13.0. The number of benzene rings is 2. The van der Waals surface area contributed by atoms with Crippen LogP contribution in [0.1, 0.15) is 44.1 Å². The molecule has 0 heterocycles. The van der Waals surface area contributed by atoms with E-state index in [1.165, 1.54) is 12.8 Å². The van der Waals surface area contributed by atoms with Crippen LogP contribution >= 0.6 is 11.6 Å². The van der Waals surface area contributed by atoms with Crippen LogP contribution in [0.3, 0.4) is 0 Å². The molecular formula is C22H24ClNO3. The Morgan fingerprint density at radius 2 is 1.78 bits per heavy atom. The van der Waals surface area contributed by atoms with Crippen molar-refractivity contribution in [2.45, 2.75) is 50.0 Å². The van der Waals surface area contributed by atoms with Crippen molar-refractivity contribution < 1.29 is 14.3 Å². The Bertz CT molecular complexity index is 824. The third-order valence-corrected chi connectivity index (χ3v) is 5.85. The van der Waals surface area contributed by atoms with Gasteiger partial charge in [0.25, 0.3) is 0 Å². The van der Waals surface area contributed by atoms with Gasteiger partial charge in [-0.15, -0.1) is 0 Å². The van der Waals surface area contributed by atoms with E-state index in [-0.39, 0.29) is 12.0 Å². The van der Waals surface area contributed by atoms with Gasteiger partial charge in [0.1, 0.15) is 0 Å². The highest BCUT2D eigenvalue weighted by atomic mass is 35.5. The maximum absolute atomic E-state index is 13.0. The van der Waals surface area contributed by atoms with Gasteiger partial charge in [0.2, 0.25) is 5.91 Å². The number of carbonyl (C=O) groups is 1. The van der Waals surface area contributed by atoms with Gasteiger partial charge in [0.05, 0.1) is 18.6 Å². The zero-order valence-corrected chi connectivity index (χ0v) is 16.2. The van der Waals surface area contributed by atoms with Crippen LogP contribution in [-0.2, 0) is 10.2 Å². The SMILES string of the molecule is COc1ccc(NC(=O)C2(c3ccc(Cl)cc3)CC2)cc1OC1CCCC1. The molecule has 1 amide bonds. The molecule has 2 aromatic carbocycles. The molecule has 2 aliphatic rings. The standard InChI is InChI=1S/C22H24ClNO3/c1-26-19-11-10-17(14-20(19)27-18-4-2-3-5-18)24-21(25)22(12-13-22)15-6-8-16(23)9-7-15/h6-11,14,18H,2-5,12-13H2,1H3,(H,24,25). The molecule has 4 rings (SSSR count). The van der Waals surface area contributed by atoms with Gasteiger partial charge in [-0.1, -0.05) is 23.7 Å². The lowest BCUT2D eigenvalue weighted by Crippen LogP contribution is -2.27. The number of nitrogens with one attached hydrogen (secondary N) is 1. The Hall–Kier alpha value is -2.20. The van der Waals surface area contributed by atoms with Crippen molar-refractivity contribution in [3.05, 3.63) is 53.1 Å². The number of hydrogen-bond donors (Lipinski definition) is 1. The van der Waals surface area contributed by atoms with E-state index < -0.39 is 5.41 Å². The van der Waals surface area contributed by atoms with Crippen molar-refractivity contribution >= 4 is 23.2 Å². The molecule has 4 nitrogen and oxygen atoms in total. The maximum Gasteiger partial charge on any atom is 0.235 e. The smallest absolute Gasteiger partial charge is 0.235 e. The zero-order chi connectivity index (χ0) is 18.9. The summed E-state index contributed by atoms with van der Waals surface area (Å²) in [5, 5.41) is 3.75. The van der Waals surface area contributed by atoms with Gasteiger partial charge in [-0.05, 0) is 68.4 Å². The van der Waals surface area contributed by atoms with Crippen molar-refractivity contribution in [1.29, 1.82) is 0 Å². The highest BCUT2D eigenvalue weighted by molar-refractivity contribution is 6.30. The number of anilines is 1. The Morgan fingerprint density at radius 3 is 2.41 bits per heavy atom. The molecule has 0 unspecified atom stereocenters. The topological polar surface area (TPSA) is 47.6 Å². The fourth-order valence-electron chi connectivity index (χ4n) is 3.82. The van der Waals surface area contributed by atoms with Crippen LogP contribution in [0.5, 0.6) is 11.5 Å². The number of methoxy groups -OCH3 is 1. The second-order valence-corrected chi connectivity index (χ2v) is 7.87. The molecular weight excluding hydrogens is 362 g/mol. The molecule has 5 heteroatoms. The summed E-state index contributed by atoms with van der Waals surface area (Å²) in [6.45, 7) is 0. The molecule has 0 aliphatic heterocycles. The second-order valence-electron chi connectivity index (χ2n) is 7.43. The van der Waals surface area contributed by atoms with Crippen molar-refractivity contribution in [3.63, 3.8) is 0 Å². The summed E-state index contributed by atoms with van der Waals surface area (Å²) in [7, 11) is 1.63. The van der Waals surface area contributed by atoms with E-state index in [1.807, 2.05) is 42.5 Å². The number of amides is 1. The first-order valence-electron chi connectivity index (χ1n) is 9.53. The molecule has 0 bridgehead atoms. The minimum absolute atomic E-state index is 0.0156. The van der Waals surface area contributed by atoms with Gasteiger partial charge in [0, 0.05) is 16.8 Å². The molecule has 142 valence electrons. The average molecular weight is 386 g/mol. The predicted octanol–water partition coefficient (Wildman–Crippen LogP) is 5.34. The Labute approximate surface area is 164 Å². The molecule has 0 saturated heterocycles. The molecule has 2 saturated carbocycles. The molecule has 0 aromatic heterocycles. The Morgan fingerprint density at radius 1 is 1.07 bits per heavy atom. The van der Waals surface area contributed by atoms with Crippen molar-refractivity contribution in [2.75, 3.05) is 12.4 Å². The van der Waals surface area contributed by atoms with Crippen molar-refractivity contribution in [1.82, 2.24) is 0 Å². The fraction of sp³-hybridized carbons (Fsp3) is 0.409. The lowest BCUT2D eigenvalue weighted by Gasteiger charge is -2.19. The van der Waals surface area contributed by atoms with Crippen molar-refractivity contribution in [3.8, 4) is 11.5 Å². The maximum atomic E-state index is 13.0. The first-order valence-corrected chi connectivity index (χ1v) is 9.91. The van der Waals surface area contributed by atoms with Gasteiger partial charge in [-0.2, -0.15) is 0 Å². The summed E-state index contributed by atoms with van der Waals surface area (Å²) in [6.07, 6.45) is 6.47. The van der Waals surface area contributed by atoms with Crippen LogP contribution in [-0.4, -0.2) is 19.1 Å². The predicted molar refractivity (Wildman–Crippen MR) is 107 cm³/mol. The number of carbonyl (C=O) groups excluding carboxylic acids is 1. The monoisotopic (exact) mass is 385 g/mol. The Balaban J connectivity index is 1.51. The van der Waals surface area contributed by atoms with Crippen LogP contribution in [0.15, 0.2) is 42.5 Å². The normalized spacial score (nSPS) is 18.1. The van der Waals surface area contributed by atoms with E-state index in [4.69, 9.17) is 21.1 Å². The quantitative estimate of drug-likeness (QED) is 0.730. The molecule has 2 aromatic rings. The van der Waals surface area contributed by atoms with E-state index in [0.717, 1.165) is 36.9 Å². The molecule has 0 radical (unpaired) electrons. The van der Waals surface area contributed by atoms with Gasteiger partial charge >= 0.3 is 0 Å². The minimum atomic E-state index is -0.447. The summed E-state index contributed by atoms with van der Waals surface area (Å²) < 4.78 is 11.6. The number of halogens is 1. The van der Waals surface area contributed by atoms with Gasteiger partial charge in [-0.3, -0.25) is 4.79 Å². The largest absolute Gasteiger partial charge is 0.493 e. The number of hydrogen-bond acceptors (Lipinski definition) is 3. The molecule has 1 N–H and O–H groups in total. The van der Waals surface area contributed by atoms with Gasteiger partial charge in [0.15, 0.2) is 11.5 Å². The fourth-order valence-corrected chi connectivity index (χ4v) is 3.95. The van der Waals surface area contributed by atoms with Gasteiger partial charge < -0.3 is 14.8 Å². The minimum Gasteiger partial charge on any atom is -0.493 e. The van der Waals surface area contributed by atoms with E-state index in [1.54, 1.807) is 7.11 Å². The molecule has 0 atom stereocenters. The highest BCUT2D eigenvalue weighted by Crippen LogP contribution is 2.49. The zero-order valence-electron chi connectivity index (χ0n) is 15.5. The van der Waals surface area contributed by atoms with E-state index in [9.17, 15) is 4.79 Å². The highest BCUT2D eigenvalue weighted by Gasteiger charge is 2.51. The van der Waals surface area contributed by atoms with Crippen molar-refractivity contribution in [2.24, 2.45) is 0 Å². The summed E-state index contributed by atoms with van der Waals surface area (Å²) in [6, 6.07) is 13.1. The Kier molecular flexibility index (Phi) is 5.00. The third-order valence-electron chi connectivity index (χ3n) is 5.60. The number of ether oxygens (including phenoxy) is 2. The summed E-state index contributed by atoms with van der Waals surface area (Å²) in [5.41, 5.74) is 1.30. The van der Waals surface area contributed by atoms with E-state index >= 15 is 0 Å². The van der Waals surface area contributed by atoms with E-state index in [0.29, 0.717) is 16.5 Å². The first-order chi connectivity index (χ1) is 13.1.